The number of fused-ring (bicyclic) bond motifs is 2. The number of ether oxygens (including phenoxy) is 2. The first-order chi connectivity index (χ1) is 14.0. The average molecular weight is 402 g/mol. The van der Waals surface area contributed by atoms with Crippen molar-refractivity contribution in [3.63, 3.8) is 0 Å². The molecule has 0 bridgehead atoms. The highest BCUT2D eigenvalue weighted by atomic mass is 16.5. The van der Waals surface area contributed by atoms with E-state index in [0.29, 0.717) is 25.3 Å². The normalized spacial score (nSPS) is 17.7. The summed E-state index contributed by atoms with van der Waals surface area (Å²) in [5.41, 5.74) is 8.21. The van der Waals surface area contributed by atoms with E-state index < -0.39 is 5.91 Å². The van der Waals surface area contributed by atoms with Gasteiger partial charge >= 0.3 is 0 Å². The molecular weight excluding hydrogens is 372 g/mol. The van der Waals surface area contributed by atoms with Gasteiger partial charge in [-0.25, -0.2) is 0 Å². The van der Waals surface area contributed by atoms with E-state index in [-0.39, 0.29) is 12.0 Å². The van der Waals surface area contributed by atoms with Gasteiger partial charge in [-0.05, 0) is 31.9 Å². The monoisotopic (exact) mass is 402 g/mol. The molecule has 1 unspecified atom stereocenters. The van der Waals surface area contributed by atoms with Gasteiger partial charge in [0.25, 0.3) is 5.91 Å². The Morgan fingerprint density at radius 1 is 1.28 bits per heavy atom. The van der Waals surface area contributed by atoms with Crippen LogP contribution in [0.5, 0.6) is 5.75 Å². The molecule has 2 aromatic rings. The van der Waals surface area contributed by atoms with Crippen LogP contribution in [0.25, 0.3) is 0 Å². The number of hydrogen-bond acceptors (Lipinski definition) is 5. The Labute approximate surface area is 171 Å². The fourth-order valence-corrected chi connectivity index (χ4v) is 3.06. The Hall–Kier alpha value is -2.87. The average Bonchev–Trinajstić information content (AvgIpc) is 2.98. The summed E-state index contributed by atoms with van der Waals surface area (Å²) >= 11 is 0. The van der Waals surface area contributed by atoms with E-state index >= 15 is 0 Å². The highest BCUT2D eigenvalue weighted by molar-refractivity contribution is 5.95. The molecule has 158 valence electrons. The topological polar surface area (TPSA) is 111 Å². The number of nitrogens with one attached hydrogen (secondary N) is 1. The van der Waals surface area contributed by atoms with Gasteiger partial charge < -0.3 is 20.1 Å². The quantitative estimate of drug-likeness (QED) is 0.762. The van der Waals surface area contributed by atoms with Gasteiger partial charge in [0, 0.05) is 12.6 Å². The Bertz CT molecular complexity index is 834. The fraction of sp³-hybridized carbons (Fsp3) is 0.476. The van der Waals surface area contributed by atoms with Crippen molar-refractivity contribution >= 4 is 17.5 Å². The predicted molar refractivity (Wildman–Crippen MR) is 111 cm³/mol. The van der Waals surface area contributed by atoms with E-state index in [1.807, 2.05) is 45.0 Å². The van der Waals surface area contributed by atoms with E-state index in [0.717, 1.165) is 35.5 Å². The second-order valence-corrected chi connectivity index (χ2v) is 6.57. The Morgan fingerprint density at radius 3 is 2.72 bits per heavy atom. The zero-order valence-electron chi connectivity index (χ0n) is 17.5. The molecule has 29 heavy (non-hydrogen) atoms. The van der Waals surface area contributed by atoms with Crippen LogP contribution in [0.4, 0.5) is 5.69 Å². The number of rotatable bonds is 1. The summed E-state index contributed by atoms with van der Waals surface area (Å²) in [5.74, 6) is 0.415. The lowest BCUT2D eigenvalue weighted by Crippen LogP contribution is -2.24. The number of aromatic nitrogens is 2. The molecule has 0 fully saturated rings. The van der Waals surface area contributed by atoms with Crippen LogP contribution in [0.2, 0.25) is 0 Å². The Morgan fingerprint density at radius 2 is 2.00 bits per heavy atom. The van der Waals surface area contributed by atoms with Gasteiger partial charge in [-0.2, -0.15) is 5.10 Å². The van der Waals surface area contributed by atoms with Crippen LogP contribution in [-0.4, -0.2) is 41.8 Å². The minimum absolute atomic E-state index is 0.102. The summed E-state index contributed by atoms with van der Waals surface area (Å²) in [5, 5.41) is 6.68. The lowest BCUT2D eigenvalue weighted by molar-refractivity contribution is -0.118. The summed E-state index contributed by atoms with van der Waals surface area (Å²) < 4.78 is 10.9. The number of carbonyl (C=O) groups excluding carboxylic acids is 2. The molecule has 1 atom stereocenters. The van der Waals surface area contributed by atoms with E-state index in [9.17, 15) is 9.59 Å². The third-order valence-electron chi connectivity index (χ3n) is 4.67. The van der Waals surface area contributed by atoms with Crippen LogP contribution < -0.4 is 15.4 Å². The van der Waals surface area contributed by atoms with Gasteiger partial charge in [0.1, 0.15) is 5.75 Å². The molecule has 0 radical (unpaired) electrons. The first-order valence-corrected chi connectivity index (χ1v) is 9.93. The van der Waals surface area contributed by atoms with Crippen molar-refractivity contribution in [3.8, 4) is 5.75 Å². The second-order valence-electron chi connectivity index (χ2n) is 6.57. The second kappa shape index (κ2) is 10.6. The zero-order chi connectivity index (χ0) is 21.4. The molecule has 1 aromatic carbocycles. The first kappa shape index (κ1) is 22.4. The SMILES string of the molecule is CC.CC1CCc2c(C(N)=O)n[nH]c2CO1.CN1C(=O)CCOc2ccccc21. The van der Waals surface area contributed by atoms with Crippen molar-refractivity contribution < 1.29 is 19.1 Å². The number of para-hydroxylation sites is 2. The summed E-state index contributed by atoms with van der Waals surface area (Å²) in [7, 11) is 1.77. The molecule has 0 saturated carbocycles. The van der Waals surface area contributed by atoms with Crippen molar-refractivity contribution in [2.45, 2.75) is 52.7 Å². The first-order valence-electron chi connectivity index (χ1n) is 9.93. The number of hydrogen-bond donors (Lipinski definition) is 2. The standard InChI is InChI=1S/C10H11NO2.C9H13N3O2.C2H6/c1-11-8-4-2-3-5-9(8)13-7-6-10(11)12;1-5-2-3-6-7(4-14-5)11-12-8(6)9(10)13;1-2/h2-5H,6-7H2,1H3;5H,2-4H2,1H3,(H2,10,13)(H,11,12);1-2H3. The summed E-state index contributed by atoms with van der Waals surface area (Å²) in [6.45, 7) is 6.97. The fourth-order valence-electron chi connectivity index (χ4n) is 3.06. The van der Waals surface area contributed by atoms with Gasteiger partial charge in [0.05, 0.1) is 37.1 Å². The molecule has 0 aliphatic carbocycles. The third kappa shape index (κ3) is 5.57. The highest BCUT2D eigenvalue weighted by Crippen LogP contribution is 2.29. The predicted octanol–water partition coefficient (Wildman–Crippen LogP) is 2.82. The van der Waals surface area contributed by atoms with Gasteiger partial charge in [-0.15, -0.1) is 0 Å². The summed E-state index contributed by atoms with van der Waals surface area (Å²) in [6, 6.07) is 7.57. The molecule has 8 heteroatoms. The van der Waals surface area contributed by atoms with Crippen LogP contribution in [0, 0.1) is 0 Å². The van der Waals surface area contributed by atoms with Gasteiger partial charge in [-0.3, -0.25) is 14.7 Å². The van der Waals surface area contributed by atoms with Crippen molar-refractivity contribution in [3.05, 3.63) is 41.2 Å². The Kier molecular flexibility index (Phi) is 8.21. The molecule has 4 rings (SSSR count). The summed E-state index contributed by atoms with van der Waals surface area (Å²) in [6.07, 6.45) is 2.36. The number of nitrogens with zero attached hydrogens (tertiary/aromatic N) is 2. The number of aromatic amines is 1. The van der Waals surface area contributed by atoms with Gasteiger partial charge in [0.15, 0.2) is 5.69 Å². The molecule has 2 aliphatic rings. The van der Waals surface area contributed by atoms with Crippen molar-refractivity contribution in [2.24, 2.45) is 5.73 Å². The van der Waals surface area contributed by atoms with E-state index in [1.165, 1.54) is 0 Å². The molecule has 2 aliphatic heterocycles. The van der Waals surface area contributed by atoms with Crippen molar-refractivity contribution in [1.82, 2.24) is 10.2 Å². The number of anilines is 1. The molecular formula is C21H30N4O4. The molecule has 3 heterocycles. The number of benzene rings is 1. The van der Waals surface area contributed by atoms with Crippen molar-refractivity contribution in [2.75, 3.05) is 18.6 Å². The van der Waals surface area contributed by atoms with Crippen LogP contribution in [0.15, 0.2) is 24.3 Å². The van der Waals surface area contributed by atoms with Crippen LogP contribution in [0.1, 0.15) is 55.4 Å². The minimum atomic E-state index is -0.475. The van der Waals surface area contributed by atoms with E-state index in [2.05, 4.69) is 10.2 Å². The third-order valence-corrected chi connectivity index (χ3v) is 4.67. The van der Waals surface area contributed by atoms with Crippen LogP contribution in [-0.2, 0) is 22.6 Å². The maximum Gasteiger partial charge on any atom is 0.269 e. The van der Waals surface area contributed by atoms with E-state index in [4.69, 9.17) is 15.2 Å². The number of carbonyl (C=O) groups is 2. The number of amides is 2. The maximum atomic E-state index is 11.4. The van der Waals surface area contributed by atoms with E-state index in [1.54, 1.807) is 11.9 Å². The van der Waals surface area contributed by atoms with Crippen LogP contribution >= 0.6 is 0 Å². The minimum Gasteiger partial charge on any atom is -0.491 e. The molecule has 0 saturated heterocycles. The number of primary amides is 1. The van der Waals surface area contributed by atoms with Gasteiger partial charge in [-0.1, -0.05) is 26.0 Å². The molecule has 2 amide bonds. The maximum absolute atomic E-state index is 11.4. The lowest BCUT2D eigenvalue weighted by atomic mass is 10.1. The number of H-pyrrole nitrogens is 1. The van der Waals surface area contributed by atoms with Crippen LogP contribution in [0.3, 0.4) is 0 Å². The summed E-state index contributed by atoms with van der Waals surface area (Å²) in [4.78, 5) is 24.1. The molecule has 8 nitrogen and oxygen atoms in total. The Balaban J connectivity index is 0.000000191. The smallest absolute Gasteiger partial charge is 0.269 e. The lowest BCUT2D eigenvalue weighted by Gasteiger charge is -2.15. The largest absolute Gasteiger partial charge is 0.491 e. The molecule has 3 N–H and O–H groups in total. The number of nitrogens with two attached hydrogens (primary N) is 1. The molecule has 1 aromatic heterocycles. The zero-order valence-corrected chi connectivity index (χ0v) is 17.5. The van der Waals surface area contributed by atoms with Crippen molar-refractivity contribution in [1.29, 1.82) is 0 Å². The molecule has 0 spiro atoms. The highest BCUT2D eigenvalue weighted by Gasteiger charge is 2.21. The van der Waals surface area contributed by atoms with Gasteiger partial charge in [0.2, 0.25) is 5.91 Å².